The van der Waals surface area contributed by atoms with Gasteiger partial charge in [-0.15, -0.1) is 0 Å². The zero-order valence-electron chi connectivity index (χ0n) is 25.8. The number of rotatable bonds is 8. The lowest BCUT2D eigenvalue weighted by molar-refractivity contribution is -0.154. The van der Waals surface area contributed by atoms with Crippen LogP contribution in [0.15, 0.2) is 30.3 Å². The first-order valence-electron chi connectivity index (χ1n) is 16.5. The van der Waals surface area contributed by atoms with E-state index in [2.05, 4.69) is 41.5 Å². The predicted molar refractivity (Wildman–Crippen MR) is 159 cm³/mol. The molecular weight excluding hydrogens is 480 g/mol. The molecule has 4 aliphatic carbocycles. The van der Waals surface area contributed by atoms with Gasteiger partial charge in [0.15, 0.2) is 0 Å². The molecule has 3 heteroatoms. The summed E-state index contributed by atoms with van der Waals surface area (Å²) in [7, 11) is 0. The fraction of sp³-hybridized carbons (Fsp3) is 0.806. The summed E-state index contributed by atoms with van der Waals surface area (Å²) in [6.45, 7) is 14.3. The molecule has 10 atom stereocenters. The standard InChI is InChI=1S/C36H56O3/c1-7-36(38)22-21-34(5)27(23-36)14-15-28-30-17-16-29(35(30,6)20-19-31(28)34)25(4)32(18-13-24(2)3)39-33(37)26-11-9-8-10-12-26/h8-12,24-25,27-32,38H,7,13-23H2,1-6H3/t25-,27+,28-,29+,30-,31-,32-,34-,35+,36-/m0/s1. The number of benzene rings is 1. The van der Waals surface area contributed by atoms with E-state index < -0.39 is 5.60 Å². The molecule has 1 N–H and O–H groups in total. The van der Waals surface area contributed by atoms with Crippen LogP contribution in [0, 0.1) is 52.3 Å². The molecule has 0 radical (unpaired) electrons. The predicted octanol–water partition coefficient (Wildman–Crippen LogP) is 9.08. The van der Waals surface area contributed by atoms with E-state index in [1.54, 1.807) is 0 Å². The number of carbonyl (C=O) groups is 1. The first-order valence-corrected chi connectivity index (χ1v) is 16.5. The molecule has 0 heterocycles. The molecule has 0 aliphatic heterocycles. The Kier molecular flexibility index (Phi) is 8.33. The van der Waals surface area contributed by atoms with Crippen LogP contribution < -0.4 is 0 Å². The van der Waals surface area contributed by atoms with Crippen LogP contribution in [0.3, 0.4) is 0 Å². The van der Waals surface area contributed by atoms with Gasteiger partial charge in [-0.3, -0.25) is 0 Å². The van der Waals surface area contributed by atoms with Gasteiger partial charge in [0.2, 0.25) is 0 Å². The Bertz CT molecular complexity index is 988. The highest BCUT2D eigenvalue weighted by atomic mass is 16.5. The van der Waals surface area contributed by atoms with Crippen LogP contribution in [0.5, 0.6) is 0 Å². The van der Waals surface area contributed by atoms with Crippen LogP contribution in [-0.4, -0.2) is 22.8 Å². The summed E-state index contributed by atoms with van der Waals surface area (Å²) in [5.41, 5.74) is 0.997. The third-order valence-corrected chi connectivity index (χ3v) is 13.1. The van der Waals surface area contributed by atoms with Crippen LogP contribution in [0.2, 0.25) is 0 Å². The smallest absolute Gasteiger partial charge is 0.338 e. The Hall–Kier alpha value is -1.35. The van der Waals surface area contributed by atoms with Crippen LogP contribution in [0.1, 0.15) is 129 Å². The second kappa shape index (κ2) is 11.1. The second-order valence-corrected chi connectivity index (χ2v) is 15.3. The number of fused-ring (bicyclic) bond motifs is 5. The van der Waals surface area contributed by atoms with E-state index in [0.717, 1.165) is 49.9 Å². The topological polar surface area (TPSA) is 46.5 Å². The Labute approximate surface area is 238 Å². The lowest BCUT2D eigenvalue weighted by Crippen LogP contribution is -2.56. The molecule has 0 bridgehead atoms. The van der Waals surface area contributed by atoms with Crippen molar-refractivity contribution in [3.63, 3.8) is 0 Å². The molecule has 0 spiro atoms. The first kappa shape index (κ1) is 29.2. The summed E-state index contributed by atoms with van der Waals surface area (Å²) in [6.07, 6.45) is 14.1. The highest BCUT2D eigenvalue weighted by molar-refractivity contribution is 5.89. The van der Waals surface area contributed by atoms with Crippen molar-refractivity contribution in [1.29, 1.82) is 0 Å². The number of esters is 1. The van der Waals surface area contributed by atoms with Crippen molar-refractivity contribution in [3.05, 3.63) is 35.9 Å². The Morgan fingerprint density at radius 1 is 0.923 bits per heavy atom. The van der Waals surface area contributed by atoms with Gasteiger partial charge in [0.1, 0.15) is 6.10 Å². The van der Waals surface area contributed by atoms with Crippen molar-refractivity contribution >= 4 is 5.97 Å². The first-order chi connectivity index (χ1) is 18.5. The van der Waals surface area contributed by atoms with E-state index in [-0.39, 0.29) is 12.1 Å². The molecule has 3 nitrogen and oxygen atoms in total. The summed E-state index contributed by atoms with van der Waals surface area (Å²) >= 11 is 0. The van der Waals surface area contributed by atoms with Crippen molar-refractivity contribution in [3.8, 4) is 0 Å². The summed E-state index contributed by atoms with van der Waals surface area (Å²) < 4.78 is 6.35. The van der Waals surface area contributed by atoms with Gasteiger partial charge < -0.3 is 9.84 Å². The van der Waals surface area contributed by atoms with Gasteiger partial charge in [-0.05, 0) is 141 Å². The normalized spacial score (nSPS) is 41.3. The molecule has 5 rings (SSSR count). The van der Waals surface area contributed by atoms with Crippen LogP contribution in [-0.2, 0) is 4.74 Å². The van der Waals surface area contributed by atoms with E-state index in [4.69, 9.17) is 4.74 Å². The Morgan fingerprint density at radius 3 is 2.33 bits per heavy atom. The molecule has 39 heavy (non-hydrogen) atoms. The van der Waals surface area contributed by atoms with Crippen LogP contribution >= 0.6 is 0 Å². The van der Waals surface area contributed by atoms with Gasteiger partial charge in [0.25, 0.3) is 0 Å². The number of hydrogen-bond acceptors (Lipinski definition) is 3. The highest BCUT2D eigenvalue weighted by Crippen LogP contribution is 2.69. The van der Waals surface area contributed by atoms with Gasteiger partial charge in [-0.2, -0.15) is 0 Å². The van der Waals surface area contributed by atoms with Crippen molar-refractivity contribution in [2.75, 3.05) is 0 Å². The zero-order valence-corrected chi connectivity index (χ0v) is 25.8. The van der Waals surface area contributed by atoms with E-state index in [9.17, 15) is 9.90 Å². The summed E-state index contributed by atoms with van der Waals surface area (Å²) in [4.78, 5) is 13.2. The van der Waals surface area contributed by atoms with Crippen molar-refractivity contribution in [2.24, 2.45) is 52.3 Å². The lowest BCUT2D eigenvalue weighted by atomic mass is 9.43. The molecule has 0 unspecified atom stereocenters. The number of aliphatic hydroxyl groups is 1. The van der Waals surface area contributed by atoms with Gasteiger partial charge in [-0.1, -0.05) is 59.7 Å². The third-order valence-electron chi connectivity index (χ3n) is 13.1. The number of hydrogen-bond donors (Lipinski definition) is 1. The highest BCUT2D eigenvalue weighted by Gasteiger charge is 2.62. The van der Waals surface area contributed by atoms with Crippen molar-refractivity contribution in [1.82, 2.24) is 0 Å². The Morgan fingerprint density at radius 2 is 1.64 bits per heavy atom. The van der Waals surface area contributed by atoms with Gasteiger partial charge >= 0.3 is 5.97 Å². The zero-order chi connectivity index (χ0) is 28.0. The fourth-order valence-corrected chi connectivity index (χ4v) is 10.5. The second-order valence-electron chi connectivity index (χ2n) is 15.3. The minimum Gasteiger partial charge on any atom is -0.458 e. The maximum Gasteiger partial charge on any atom is 0.338 e. The molecule has 0 saturated heterocycles. The Balaban J connectivity index is 1.33. The third kappa shape index (κ3) is 5.35. The minimum atomic E-state index is -0.420. The average Bonchev–Trinajstić information content (AvgIpc) is 3.28. The molecule has 4 fully saturated rings. The summed E-state index contributed by atoms with van der Waals surface area (Å²) in [5, 5.41) is 11.1. The maximum atomic E-state index is 13.2. The monoisotopic (exact) mass is 536 g/mol. The van der Waals surface area contributed by atoms with Gasteiger partial charge in [-0.25, -0.2) is 4.79 Å². The van der Waals surface area contributed by atoms with Gasteiger partial charge in [0, 0.05) is 0 Å². The van der Waals surface area contributed by atoms with Crippen LogP contribution in [0.25, 0.3) is 0 Å². The van der Waals surface area contributed by atoms with E-state index >= 15 is 0 Å². The van der Waals surface area contributed by atoms with E-state index in [1.165, 1.54) is 44.9 Å². The minimum absolute atomic E-state index is 0.0169. The average molecular weight is 537 g/mol. The van der Waals surface area contributed by atoms with Gasteiger partial charge in [0.05, 0.1) is 11.2 Å². The lowest BCUT2D eigenvalue weighted by Gasteiger charge is -2.62. The molecule has 1 aromatic rings. The van der Waals surface area contributed by atoms with Crippen molar-refractivity contribution < 1.29 is 14.6 Å². The molecule has 0 aromatic heterocycles. The van der Waals surface area contributed by atoms with Crippen molar-refractivity contribution in [2.45, 2.75) is 130 Å². The van der Waals surface area contributed by atoms with E-state index in [1.807, 2.05) is 30.3 Å². The van der Waals surface area contributed by atoms with E-state index in [0.29, 0.717) is 40.1 Å². The summed E-state index contributed by atoms with van der Waals surface area (Å²) in [6, 6.07) is 9.56. The largest absolute Gasteiger partial charge is 0.458 e. The molecule has 218 valence electrons. The molecule has 0 amide bonds. The number of carbonyl (C=O) groups excluding carboxylic acids is 1. The molecular formula is C36H56O3. The van der Waals surface area contributed by atoms with Crippen LogP contribution in [0.4, 0.5) is 0 Å². The fourth-order valence-electron chi connectivity index (χ4n) is 10.5. The SMILES string of the molecule is CC[C@]1(O)CC[C@@]2(C)[C@H](CC[C@@H]3[C@@H]2CC[C@]2(C)[C@@H]([C@H](C)[C@H](CCC(C)C)OC(=O)c4ccccc4)CC[C@@H]32)C1. The molecule has 4 saturated carbocycles. The maximum absolute atomic E-state index is 13.2. The summed E-state index contributed by atoms with van der Waals surface area (Å²) in [5.74, 6) is 4.58. The molecule has 1 aromatic carbocycles. The molecule has 4 aliphatic rings. The number of ether oxygens (including phenoxy) is 1. The quantitative estimate of drug-likeness (QED) is 0.337.